The molecule has 0 aliphatic heterocycles. The van der Waals surface area contributed by atoms with Crippen LogP contribution in [0, 0.1) is 5.92 Å². The van der Waals surface area contributed by atoms with Gasteiger partial charge in [-0.25, -0.2) is 4.79 Å². The van der Waals surface area contributed by atoms with Gasteiger partial charge in [-0.2, -0.15) is 0 Å². The average Bonchev–Trinajstić information content (AvgIpc) is 2.24. The van der Waals surface area contributed by atoms with Gasteiger partial charge < -0.3 is 5.32 Å². The van der Waals surface area contributed by atoms with Crippen LogP contribution in [0.3, 0.4) is 0 Å². The Bertz CT molecular complexity index is 225. The number of oxime groups is 1. The topological polar surface area (TPSA) is 50.7 Å². The molecule has 86 valence electrons. The normalized spacial score (nSPS) is 13.3. The molecule has 1 N–H and O–H groups in total. The van der Waals surface area contributed by atoms with E-state index in [1.807, 2.05) is 6.92 Å². The lowest BCUT2D eigenvalue weighted by Gasteiger charge is -1.99. The first-order chi connectivity index (χ1) is 7.20. The van der Waals surface area contributed by atoms with Crippen molar-refractivity contribution in [2.45, 2.75) is 33.1 Å². The quantitative estimate of drug-likeness (QED) is 0.318. The molecule has 0 radical (unpaired) electrons. The molecule has 0 aromatic carbocycles. The maximum atomic E-state index is 10.6. The molecule has 15 heavy (non-hydrogen) atoms. The highest BCUT2D eigenvalue weighted by molar-refractivity contribution is 5.68. The van der Waals surface area contributed by atoms with Crippen molar-refractivity contribution in [3.63, 3.8) is 0 Å². The molecule has 1 atom stereocenters. The minimum Gasteiger partial charge on any atom is -0.323 e. The molecule has 0 aromatic rings. The van der Waals surface area contributed by atoms with E-state index < -0.39 is 6.09 Å². The van der Waals surface area contributed by atoms with Crippen LogP contribution in [-0.4, -0.2) is 19.4 Å². The molecule has 1 unspecified atom stereocenters. The largest absolute Gasteiger partial charge is 0.433 e. The molecular weight excluding hydrogens is 192 g/mol. The maximum absolute atomic E-state index is 10.6. The minimum atomic E-state index is -0.542. The van der Waals surface area contributed by atoms with Gasteiger partial charge in [0, 0.05) is 13.3 Å². The molecule has 1 amide bonds. The summed E-state index contributed by atoms with van der Waals surface area (Å²) in [6.07, 6.45) is 8.56. The second-order valence-electron chi connectivity index (χ2n) is 3.36. The predicted molar refractivity (Wildman–Crippen MR) is 61.9 cm³/mol. The summed E-state index contributed by atoms with van der Waals surface area (Å²) in [5, 5.41) is 5.88. The van der Waals surface area contributed by atoms with Crippen LogP contribution in [0.2, 0.25) is 0 Å². The van der Waals surface area contributed by atoms with Gasteiger partial charge in [-0.05, 0) is 18.8 Å². The number of amides is 1. The molecule has 0 spiro atoms. The Balaban J connectivity index is 3.63. The Morgan fingerprint density at radius 2 is 2.27 bits per heavy atom. The molecule has 4 heteroatoms. The standard InChI is InChI=1S/C11H20N2O2/c1-4-5-6-7-8-10(2)9-13-15-11(14)12-3/h6-7,9-10H,4-5,8H2,1-3H3,(H,12,14)/b7-6+,13-9+. The first kappa shape index (κ1) is 13.7. The van der Waals surface area contributed by atoms with Gasteiger partial charge in [0.1, 0.15) is 0 Å². The molecule has 0 heterocycles. The highest BCUT2D eigenvalue weighted by Gasteiger charge is 1.96. The van der Waals surface area contributed by atoms with Crippen LogP contribution >= 0.6 is 0 Å². The van der Waals surface area contributed by atoms with Gasteiger partial charge in [0.15, 0.2) is 0 Å². The summed E-state index contributed by atoms with van der Waals surface area (Å²) in [5.41, 5.74) is 0. The zero-order chi connectivity index (χ0) is 11.5. The minimum absolute atomic E-state index is 0.280. The van der Waals surface area contributed by atoms with E-state index in [0.29, 0.717) is 0 Å². The fourth-order valence-electron chi connectivity index (χ4n) is 0.884. The van der Waals surface area contributed by atoms with E-state index in [0.717, 1.165) is 12.8 Å². The van der Waals surface area contributed by atoms with Crippen LogP contribution in [0.5, 0.6) is 0 Å². The van der Waals surface area contributed by atoms with E-state index in [-0.39, 0.29) is 5.92 Å². The van der Waals surface area contributed by atoms with Gasteiger partial charge in [-0.3, -0.25) is 4.84 Å². The van der Waals surface area contributed by atoms with Crippen molar-refractivity contribution >= 4 is 12.3 Å². The van der Waals surface area contributed by atoms with Crippen molar-refractivity contribution in [3.8, 4) is 0 Å². The number of hydrogen-bond acceptors (Lipinski definition) is 3. The highest BCUT2D eigenvalue weighted by atomic mass is 16.7. The van der Waals surface area contributed by atoms with Crippen LogP contribution in [0.1, 0.15) is 33.1 Å². The number of nitrogens with one attached hydrogen (secondary N) is 1. The van der Waals surface area contributed by atoms with Gasteiger partial charge in [0.25, 0.3) is 0 Å². The van der Waals surface area contributed by atoms with Crippen molar-refractivity contribution in [2.75, 3.05) is 7.05 Å². The van der Waals surface area contributed by atoms with Gasteiger partial charge in [0.05, 0.1) is 0 Å². The van der Waals surface area contributed by atoms with Crippen LogP contribution in [-0.2, 0) is 4.84 Å². The van der Waals surface area contributed by atoms with Crippen molar-refractivity contribution in [2.24, 2.45) is 11.1 Å². The van der Waals surface area contributed by atoms with E-state index in [4.69, 9.17) is 0 Å². The SMILES string of the molecule is CCC/C=C/CC(C)/C=N/OC(=O)NC. The third kappa shape index (κ3) is 9.00. The van der Waals surface area contributed by atoms with Crippen molar-refractivity contribution in [3.05, 3.63) is 12.2 Å². The first-order valence-electron chi connectivity index (χ1n) is 5.27. The fourth-order valence-corrected chi connectivity index (χ4v) is 0.884. The number of carbonyl (C=O) groups is 1. The highest BCUT2D eigenvalue weighted by Crippen LogP contribution is 2.01. The van der Waals surface area contributed by atoms with E-state index in [2.05, 4.69) is 34.4 Å². The van der Waals surface area contributed by atoms with Crippen molar-refractivity contribution in [1.29, 1.82) is 0 Å². The molecule has 0 aliphatic rings. The van der Waals surface area contributed by atoms with Crippen LogP contribution < -0.4 is 5.32 Å². The Morgan fingerprint density at radius 1 is 1.53 bits per heavy atom. The lowest BCUT2D eigenvalue weighted by atomic mass is 10.1. The molecule has 0 rings (SSSR count). The molecule has 0 fully saturated rings. The zero-order valence-electron chi connectivity index (χ0n) is 9.69. The third-order valence-electron chi connectivity index (χ3n) is 1.78. The van der Waals surface area contributed by atoms with Crippen LogP contribution in [0.15, 0.2) is 17.3 Å². The van der Waals surface area contributed by atoms with Crippen molar-refractivity contribution in [1.82, 2.24) is 5.32 Å². The number of allylic oxidation sites excluding steroid dienone is 2. The molecule has 0 bridgehead atoms. The van der Waals surface area contributed by atoms with Gasteiger partial charge in [-0.15, -0.1) is 0 Å². The Kier molecular flexibility index (Phi) is 8.43. The monoisotopic (exact) mass is 212 g/mol. The second-order valence-corrected chi connectivity index (χ2v) is 3.36. The Morgan fingerprint density at radius 3 is 2.87 bits per heavy atom. The summed E-state index contributed by atoms with van der Waals surface area (Å²) in [4.78, 5) is 15.1. The zero-order valence-corrected chi connectivity index (χ0v) is 9.69. The average molecular weight is 212 g/mol. The predicted octanol–water partition coefficient (Wildman–Crippen LogP) is 2.71. The van der Waals surface area contributed by atoms with Crippen molar-refractivity contribution < 1.29 is 9.63 Å². The number of rotatable bonds is 6. The fraction of sp³-hybridized carbons (Fsp3) is 0.636. The van der Waals surface area contributed by atoms with Gasteiger partial charge in [-0.1, -0.05) is 37.6 Å². The molecule has 0 aliphatic carbocycles. The summed E-state index contributed by atoms with van der Waals surface area (Å²) in [5.74, 6) is 0.280. The van der Waals surface area contributed by atoms with E-state index in [1.165, 1.54) is 13.5 Å². The van der Waals surface area contributed by atoms with Crippen LogP contribution in [0.4, 0.5) is 4.79 Å². The number of hydrogen-bond donors (Lipinski definition) is 1. The molecule has 4 nitrogen and oxygen atoms in total. The lowest BCUT2D eigenvalue weighted by Crippen LogP contribution is -2.16. The Hall–Kier alpha value is -1.32. The van der Waals surface area contributed by atoms with E-state index >= 15 is 0 Å². The molecule has 0 saturated carbocycles. The molecule has 0 saturated heterocycles. The van der Waals surface area contributed by atoms with Gasteiger partial charge >= 0.3 is 6.09 Å². The summed E-state index contributed by atoms with van der Waals surface area (Å²) in [7, 11) is 1.49. The van der Waals surface area contributed by atoms with E-state index in [1.54, 1.807) is 6.21 Å². The van der Waals surface area contributed by atoms with Crippen LogP contribution in [0.25, 0.3) is 0 Å². The summed E-state index contributed by atoms with van der Waals surface area (Å²) >= 11 is 0. The van der Waals surface area contributed by atoms with E-state index in [9.17, 15) is 4.79 Å². The smallest absolute Gasteiger partial charge is 0.323 e. The lowest BCUT2D eigenvalue weighted by molar-refractivity contribution is 0.153. The van der Waals surface area contributed by atoms with Gasteiger partial charge in [0.2, 0.25) is 0 Å². The number of nitrogens with zero attached hydrogens (tertiary/aromatic N) is 1. The molecule has 0 aromatic heterocycles. The number of carbonyl (C=O) groups excluding carboxylic acids is 1. The summed E-state index contributed by atoms with van der Waals surface area (Å²) < 4.78 is 0. The third-order valence-corrected chi connectivity index (χ3v) is 1.78. The number of unbranched alkanes of at least 4 members (excludes halogenated alkanes) is 1. The summed E-state index contributed by atoms with van der Waals surface area (Å²) in [6, 6.07) is 0. The summed E-state index contributed by atoms with van der Waals surface area (Å²) in [6.45, 7) is 4.17. The second kappa shape index (κ2) is 9.24. The Labute approximate surface area is 91.4 Å². The molecular formula is C11H20N2O2. The first-order valence-corrected chi connectivity index (χ1v) is 5.27. The maximum Gasteiger partial charge on any atom is 0.433 e.